The van der Waals surface area contributed by atoms with Crippen molar-refractivity contribution in [2.75, 3.05) is 0 Å². The van der Waals surface area contributed by atoms with Gasteiger partial charge in [0, 0.05) is 54.4 Å². The van der Waals surface area contributed by atoms with E-state index in [2.05, 4.69) is 0 Å². The van der Waals surface area contributed by atoms with E-state index in [9.17, 15) is 0 Å². The molecule has 2 heterocycles. The van der Waals surface area contributed by atoms with Gasteiger partial charge in [0.05, 0.1) is 33.2 Å². The van der Waals surface area contributed by atoms with E-state index in [0.29, 0.717) is 43.6 Å². The molecule has 0 saturated carbocycles. The summed E-state index contributed by atoms with van der Waals surface area (Å²) >= 11 is 0. The van der Waals surface area contributed by atoms with Crippen molar-refractivity contribution >= 4 is 82.0 Å². The topological polar surface area (TPSA) is 25.8 Å². The zero-order valence-corrected chi connectivity index (χ0v) is 29.1. The SMILES string of the molecule is CC=Cc1c(C)ccc2c(-c3c(F)c(F)c(-c4c5ccc6ccccc6c5nc5c4ccc4ccccc45)c(F)c3F)c3ccc4ccccc4c3nc12. The van der Waals surface area contributed by atoms with Crippen LogP contribution in [0.3, 0.4) is 0 Å². The average Bonchev–Trinajstić information content (AvgIpc) is 3.20. The highest BCUT2D eigenvalue weighted by atomic mass is 19.2. The van der Waals surface area contributed by atoms with Crippen LogP contribution in [0.4, 0.5) is 17.6 Å². The van der Waals surface area contributed by atoms with Crippen molar-refractivity contribution in [2.24, 2.45) is 0 Å². The Labute approximate surface area is 306 Å². The summed E-state index contributed by atoms with van der Waals surface area (Å²) in [5.41, 5.74) is 2.04. The highest BCUT2D eigenvalue weighted by molar-refractivity contribution is 6.22. The molecule has 258 valence electrons. The lowest BCUT2D eigenvalue weighted by atomic mass is 9.88. The van der Waals surface area contributed by atoms with Gasteiger partial charge in [-0.1, -0.05) is 133 Å². The standard InChI is InChI=1S/C48H28F4N2/c1-3-10-29-25(2)17-21-33-37(34-22-18-26-11-4-7-14-30(26)46(34)53-45(29)33)39-41(49)43(51)40(44(52)42(39)50)38-35-23-19-27-12-5-8-15-31(27)47(35)54-48-32-16-9-6-13-28(32)20-24-36(38)48/h3-24H,1-2H3. The molecule has 8 aromatic carbocycles. The van der Waals surface area contributed by atoms with E-state index in [0.717, 1.165) is 43.4 Å². The van der Waals surface area contributed by atoms with Crippen molar-refractivity contribution in [3.8, 4) is 22.3 Å². The summed E-state index contributed by atoms with van der Waals surface area (Å²) < 4.78 is 69.0. The molecule has 10 aromatic rings. The Morgan fingerprint density at radius 2 is 0.741 bits per heavy atom. The second kappa shape index (κ2) is 11.9. The van der Waals surface area contributed by atoms with Gasteiger partial charge in [-0.25, -0.2) is 27.5 Å². The molecule has 0 bridgehead atoms. The van der Waals surface area contributed by atoms with Crippen LogP contribution in [-0.4, -0.2) is 9.97 Å². The fourth-order valence-corrected chi connectivity index (χ4v) is 8.26. The summed E-state index contributed by atoms with van der Waals surface area (Å²) in [5, 5.41) is 6.35. The second-order valence-electron chi connectivity index (χ2n) is 13.7. The minimum atomic E-state index is -1.49. The number of pyridine rings is 2. The molecule has 0 aliphatic carbocycles. The smallest absolute Gasteiger partial charge is 0.170 e. The Balaban J connectivity index is 1.37. The van der Waals surface area contributed by atoms with E-state index in [1.54, 1.807) is 24.3 Å². The molecular weight excluding hydrogens is 681 g/mol. The Bertz CT molecular complexity index is 3170. The van der Waals surface area contributed by atoms with Gasteiger partial charge < -0.3 is 0 Å². The van der Waals surface area contributed by atoms with Crippen molar-refractivity contribution in [1.82, 2.24) is 9.97 Å². The number of nitrogens with zero attached hydrogens (tertiary/aromatic N) is 2. The first kappa shape index (κ1) is 32.0. The van der Waals surface area contributed by atoms with Crippen LogP contribution in [-0.2, 0) is 0 Å². The Hall–Kier alpha value is -6.66. The molecule has 0 fully saturated rings. The van der Waals surface area contributed by atoms with Crippen LogP contribution in [0.2, 0.25) is 0 Å². The maximum atomic E-state index is 17.2. The highest BCUT2D eigenvalue weighted by Gasteiger charge is 2.32. The molecule has 54 heavy (non-hydrogen) atoms. The fraction of sp³-hybridized carbons (Fsp3) is 0.0417. The lowest BCUT2D eigenvalue weighted by Crippen LogP contribution is -2.06. The van der Waals surface area contributed by atoms with Crippen molar-refractivity contribution in [3.05, 3.63) is 162 Å². The van der Waals surface area contributed by atoms with E-state index in [4.69, 9.17) is 9.97 Å². The van der Waals surface area contributed by atoms with Gasteiger partial charge in [-0.3, -0.25) is 0 Å². The van der Waals surface area contributed by atoms with Crippen molar-refractivity contribution < 1.29 is 17.6 Å². The molecule has 0 N–H and O–H groups in total. The highest BCUT2D eigenvalue weighted by Crippen LogP contribution is 2.47. The zero-order chi connectivity index (χ0) is 36.8. The predicted molar refractivity (Wildman–Crippen MR) is 215 cm³/mol. The van der Waals surface area contributed by atoms with E-state index >= 15 is 17.6 Å². The molecule has 10 rings (SSSR count). The number of aromatic nitrogens is 2. The number of hydrogen-bond acceptors (Lipinski definition) is 2. The van der Waals surface area contributed by atoms with Crippen LogP contribution < -0.4 is 0 Å². The third-order valence-electron chi connectivity index (χ3n) is 10.8. The van der Waals surface area contributed by atoms with Crippen LogP contribution in [0.15, 0.2) is 127 Å². The van der Waals surface area contributed by atoms with Crippen molar-refractivity contribution in [1.29, 1.82) is 0 Å². The molecule has 2 aromatic heterocycles. The van der Waals surface area contributed by atoms with Crippen LogP contribution >= 0.6 is 0 Å². The number of halogens is 4. The zero-order valence-electron chi connectivity index (χ0n) is 29.1. The van der Waals surface area contributed by atoms with Gasteiger partial charge in [0.2, 0.25) is 0 Å². The molecule has 0 amide bonds. The number of benzene rings is 8. The third-order valence-corrected chi connectivity index (χ3v) is 10.8. The largest absolute Gasteiger partial charge is 0.246 e. The number of rotatable bonds is 3. The maximum Gasteiger partial charge on any atom is 0.170 e. The Kier molecular flexibility index (Phi) is 7.08. The second-order valence-corrected chi connectivity index (χ2v) is 13.7. The van der Waals surface area contributed by atoms with Crippen LogP contribution in [0, 0.1) is 30.2 Å². The van der Waals surface area contributed by atoms with Crippen LogP contribution in [0.1, 0.15) is 18.1 Å². The summed E-state index contributed by atoms with van der Waals surface area (Å²) in [4.78, 5) is 10.1. The summed E-state index contributed by atoms with van der Waals surface area (Å²) in [7, 11) is 0. The van der Waals surface area contributed by atoms with E-state index in [1.165, 1.54) is 0 Å². The van der Waals surface area contributed by atoms with Gasteiger partial charge in [-0.15, -0.1) is 0 Å². The molecule has 0 radical (unpaired) electrons. The van der Waals surface area contributed by atoms with Crippen molar-refractivity contribution in [3.63, 3.8) is 0 Å². The molecule has 0 atom stereocenters. The quantitative estimate of drug-likeness (QED) is 0.0790. The Morgan fingerprint density at radius 3 is 1.15 bits per heavy atom. The molecule has 0 saturated heterocycles. The lowest BCUT2D eigenvalue weighted by Gasteiger charge is -2.20. The molecular formula is C48H28F4N2. The number of allylic oxidation sites excluding steroid dienone is 1. The number of fused-ring (bicyclic) bond motifs is 10. The van der Waals surface area contributed by atoms with Gasteiger partial charge >= 0.3 is 0 Å². The molecule has 0 spiro atoms. The third kappa shape index (κ3) is 4.46. The summed E-state index contributed by atoms with van der Waals surface area (Å²) in [6.45, 7) is 3.80. The summed E-state index contributed by atoms with van der Waals surface area (Å²) in [6, 6.07) is 36.9. The molecule has 0 aliphatic rings. The first-order valence-corrected chi connectivity index (χ1v) is 17.7. The predicted octanol–water partition coefficient (Wildman–Crippen LogP) is 13.8. The van der Waals surface area contributed by atoms with E-state index in [1.807, 2.05) is 123 Å². The minimum Gasteiger partial charge on any atom is -0.246 e. The Morgan fingerprint density at radius 1 is 0.389 bits per heavy atom. The van der Waals surface area contributed by atoms with Gasteiger partial charge in [-0.2, -0.15) is 0 Å². The van der Waals surface area contributed by atoms with Crippen molar-refractivity contribution in [2.45, 2.75) is 13.8 Å². The van der Waals surface area contributed by atoms with E-state index < -0.39 is 34.4 Å². The molecule has 0 unspecified atom stereocenters. The average molecular weight is 709 g/mol. The maximum absolute atomic E-state index is 17.2. The number of aryl methyl sites for hydroxylation is 1. The normalized spacial score (nSPS) is 12.2. The van der Waals surface area contributed by atoms with Crippen LogP contribution in [0.25, 0.3) is 104 Å². The van der Waals surface area contributed by atoms with Gasteiger partial charge in [0.1, 0.15) is 0 Å². The molecule has 6 heteroatoms. The lowest BCUT2D eigenvalue weighted by molar-refractivity contribution is 0.463. The van der Waals surface area contributed by atoms with Gasteiger partial charge in [0.15, 0.2) is 23.3 Å². The summed E-state index contributed by atoms with van der Waals surface area (Å²) in [5.74, 6) is -5.95. The van der Waals surface area contributed by atoms with Gasteiger partial charge in [0.25, 0.3) is 0 Å². The number of hydrogen-bond donors (Lipinski definition) is 0. The monoisotopic (exact) mass is 708 g/mol. The van der Waals surface area contributed by atoms with Gasteiger partial charge in [-0.05, 0) is 35.6 Å². The van der Waals surface area contributed by atoms with E-state index in [-0.39, 0.29) is 11.1 Å². The molecule has 2 nitrogen and oxygen atoms in total. The molecule has 0 aliphatic heterocycles. The van der Waals surface area contributed by atoms with Crippen LogP contribution in [0.5, 0.6) is 0 Å². The summed E-state index contributed by atoms with van der Waals surface area (Å²) in [6.07, 6.45) is 3.75. The fourth-order valence-electron chi connectivity index (χ4n) is 8.26. The first-order chi connectivity index (χ1) is 26.4. The minimum absolute atomic E-state index is 0.0345. The first-order valence-electron chi connectivity index (χ1n) is 17.7.